The first-order chi connectivity index (χ1) is 14.1. The van der Waals surface area contributed by atoms with Gasteiger partial charge < -0.3 is 14.2 Å². The molecule has 4 rings (SSSR count). The molecule has 1 heterocycles. The molecule has 0 fully saturated rings. The summed E-state index contributed by atoms with van der Waals surface area (Å²) >= 11 is 0. The maximum Gasteiger partial charge on any atom is 0.264 e. The summed E-state index contributed by atoms with van der Waals surface area (Å²) in [6.07, 6.45) is 0. The number of hydrogen-bond acceptors (Lipinski definition) is 5. The Hall–Kier alpha value is -3.19. The molecule has 0 saturated carbocycles. The molecule has 0 amide bonds. The number of fused-ring (bicyclic) bond motifs is 1. The molecule has 0 radical (unpaired) electrons. The van der Waals surface area contributed by atoms with Crippen LogP contribution in [0.2, 0.25) is 0 Å². The number of benzene rings is 3. The van der Waals surface area contributed by atoms with E-state index in [0.717, 1.165) is 5.56 Å². The van der Waals surface area contributed by atoms with E-state index in [1.54, 1.807) is 30.3 Å². The molecule has 29 heavy (non-hydrogen) atoms. The summed E-state index contributed by atoms with van der Waals surface area (Å²) in [5.74, 6) is 1.45. The van der Waals surface area contributed by atoms with E-state index in [-0.39, 0.29) is 11.4 Å². The molecular formula is C22H21NO5S. The number of ether oxygens (including phenoxy) is 3. The predicted octanol–water partition coefficient (Wildman–Crippen LogP) is 3.86. The minimum atomic E-state index is -3.90. The molecule has 0 spiro atoms. The van der Waals surface area contributed by atoms with E-state index in [0.29, 0.717) is 36.1 Å². The summed E-state index contributed by atoms with van der Waals surface area (Å²) < 4.78 is 45.2. The minimum absolute atomic E-state index is 0.128. The molecule has 0 aliphatic carbocycles. The Balaban J connectivity index is 1.81. The normalized spacial score (nSPS) is 13.0. The van der Waals surface area contributed by atoms with Crippen molar-refractivity contribution < 1.29 is 22.6 Å². The van der Waals surface area contributed by atoms with Crippen molar-refractivity contribution in [1.82, 2.24) is 0 Å². The summed E-state index contributed by atoms with van der Waals surface area (Å²) in [5.41, 5.74) is 1.33. The van der Waals surface area contributed by atoms with Gasteiger partial charge in [0, 0.05) is 6.07 Å². The lowest BCUT2D eigenvalue weighted by Crippen LogP contribution is -2.31. The highest BCUT2D eigenvalue weighted by Gasteiger charge is 2.29. The van der Waals surface area contributed by atoms with Crippen LogP contribution >= 0.6 is 0 Å². The van der Waals surface area contributed by atoms with Crippen molar-refractivity contribution in [3.8, 4) is 17.2 Å². The Morgan fingerprint density at radius 2 is 1.59 bits per heavy atom. The number of sulfonamides is 1. The van der Waals surface area contributed by atoms with Crippen LogP contribution in [0.4, 0.5) is 5.69 Å². The van der Waals surface area contributed by atoms with Crippen molar-refractivity contribution in [3.05, 3.63) is 78.4 Å². The fraction of sp³-hybridized carbons (Fsp3) is 0.182. The zero-order chi connectivity index (χ0) is 20.3. The fourth-order valence-corrected chi connectivity index (χ4v) is 4.68. The highest BCUT2D eigenvalue weighted by atomic mass is 32.2. The lowest BCUT2D eigenvalue weighted by molar-refractivity contribution is 0.171. The summed E-state index contributed by atoms with van der Waals surface area (Å²) in [5, 5.41) is 0. The molecule has 3 aromatic carbocycles. The quantitative estimate of drug-likeness (QED) is 0.616. The molecule has 7 heteroatoms. The van der Waals surface area contributed by atoms with E-state index in [1.807, 2.05) is 30.3 Å². The fourth-order valence-electron chi connectivity index (χ4n) is 3.20. The monoisotopic (exact) mass is 411 g/mol. The van der Waals surface area contributed by atoms with Gasteiger partial charge in [0.15, 0.2) is 11.5 Å². The van der Waals surface area contributed by atoms with Crippen molar-refractivity contribution in [3.63, 3.8) is 0 Å². The summed E-state index contributed by atoms with van der Waals surface area (Å²) in [6.45, 7) is 0.995. The zero-order valence-electron chi connectivity index (χ0n) is 15.9. The Kier molecular flexibility index (Phi) is 5.31. The Morgan fingerprint density at radius 3 is 2.34 bits per heavy atom. The van der Waals surface area contributed by atoms with E-state index < -0.39 is 10.0 Å². The average molecular weight is 411 g/mol. The van der Waals surface area contributed by atoms with Crippen molar-refractivity contribution >= 4 is 15.7 Å². The second-order valence-corrected chi connectivity index (χ2v) is 8.34. The van der Waals surface area contributed by atoms with E-state index in [1.165, 1.54) is 23.5 Å². The number of hydrogen-bond donors (Lipinski definition) is 0. The van der Waals surface area contributed by atoms with Crippen molar-refractivity contribution in [2.75, 3.05) is 24.6 Å². The van der Waals surface area contributed by atoms with E-state index >= 15 is 0 Å². The van der Waals surface area contributed by atoms with Crippen LogP contribution in [-0.2, 0) is 16.6 Å². The lowest BCUT2D eigenvalue weighted by Gasteiger charge is -2.27. The number of para-hydroxylation sites is 2. The number of methoxy groups -OCH3 is 1. The molecule has 6 nitrogen and oxygen atoms in total. The third-order valence-corrected chi connectivity index (χ3v) is 6.38. The maximum absolute atomic E-state index is 13.7. The highest BCUT2D eigenvalue weighted by molar-refractivity contribution is 7.92. The van der Waals surface area contributed by atoms with Gasteiger partial charge in [-0.15, -0.1) is 0 Å². The topological polar surface area (TPSA) is 65.1 Å². The third-order valence-electron chi connectivity index (χ3n) is 4.62. The summed E-state index contributed by atoms with van der Waals surface area (Å²) in [6, 6.07) is 21.2. The SMILES string of the molecule is COc1ccccc1N(Cc1ccccc1)S(=O)(=O)c1ccc2c(c1)OCCO2. The van der Waals surface area contributed by atoms with Gasteiger partial charge in [-0.3, -0.25) is 4.31 Å². The third kappa shape index (κ3) is 3.86. The smallest absolute Gasteiger partial charge is 0.264 e. The van der Waals surface area contributed by atoms with Gasteiger partial charge in [0.1, 0.15) is 19.0 Å². The Labute approximate surface area is 170 Å². The minimum Gasteiger partial charge on any atom is -0.495 e. The highest BCUT2D eigenvalue weighted by Crippen LogP contribution is 2.37. The molecule has 150 valence electrons. The van der Waals surface area contributed by atoms with Crippen LogP contribution in [0, 0.1) is 0 Å². The maximum atomic E-state index is 13.7. The number of anilines is 1. The van der Waals surface area contributed by atoms with Crippen LogP contribution in [0.5, 0.6) is 17.2 Å². The second kappa shape index (κ2) is 8.05. The zero-order valence-corrected chi connectivity index (χ0v) is 16.8. The van der Waals surface area contributed by atoms with E-state index in [4.69, 9.17) is 14.2 Å². The first-order valence-electron chi connectivity index (χ1n) is 9.19. The van der Waals surface area contributed by atoms with Crippen molar-refractivity contribution in [2.45, 2.75) is 11.4 Å². The number of rotatable bonds is 6. The van der Waals surface area contributed by atoms with Gasteiger partial charge in [0.25, 0.3) is 10.0 Å². The van der Waals surface area contributed by atoms with Crippen molar-refractivity contribution in [1.29, 1.82) is 0 Å². The molecule has 1 aliphatic heterocycles. The molecule has 1 aliphatic rings. The molecular weight excluding hydrogens is 390 g/mol. The molecule has 0 saturated heterocycles. The van der Waals surface area contributed by atoms with Gasteiger partial charge >= 0.3 is 0 Å². The standard InChI is InChI=1S/C22H21NO5S/c1-26-20-10-6-5-9-19(20)23(16-17-7-3-2-4-8-17)29(24,25)18-11-12-21-22(15-18)28-14-13-27-21/h2-12,15H,13-14,16H2,1H3. The summed E-state index contributed by atoms with van der Waals surface area (Å²) in [7, 11) is -2.38. The van der Waals surface area contributed by atoms with Gasteiger partial charge in [-0.1, -0.05) is 42.5 Å². The molecule has 0 unspecified atom stereocenters. The molecule has 0 aromatic heterocycles. The average Bonchev–Trinajstić information content (AvgIpc) is 2.77. The van der Waals surface area contributed by atoms with Crippen LogP contribution in [0.1, 0.15) is 5.56 Å². The van der Waals surface area contributed by atoms with Crippen LogP contribution in [0.15, 0.2) is 77.7 Å². The molecule has 0 atom stereocenters. The van der Waals surface area contributed by atoms with Crippen LogP contribution in [0.25, 0.3) is 0 Å². The van der Waals surface area contributed by atoms with Gasteiger partial charge in [0.05, 0.1) is 24.2 Å². The van der Waals surface area contributed by atoms with Crippen LogP contribution < -0.4 is 18.5 Å². The lowest BCUT2D eigenvalue weighted by atomic mass is 10.2. The molecule has 0 bridgehead atoms. The largest absolute Gasteiger partial charge is 0.495 e. The van der Waals surface area contributed by atoms with Gasteiger partial charge in [-0.05, 0) is 29.8 Å². The number of nitrogens with zero attached hydrogens (tertiary/aromatic N) is 1. The van der Waals surface area contributed by atoms with E-state index in [2.05, 4.69) is 0 Å². The van der Waals surface area contributed by atoms with Crippen LogP contribution in [0.3, 0.4) is 0 Å². The van der Waals surface area contributed by atoms with E-state index in [9.17, 15) is 8.42 Å². The predicted molar refractivity (Wildman–Crippen MR) is 110 cm³/mol. The van der Waals surface area contributed by atoms with Gasteiger partial charge in [-0.2, -0.15) is 0 Å². The van der Waals surface area contributed by atoms with Crippen molar-refractivity contribution in [2.24, 2.45) is 0 Å². The first-order valence-corrected chi connectivity index (χ1v) is 10.6. The Bertz CT molecular complexity index is 1100. The first kappa shape index (κ1) is 19.1. The molecule has 0 N–H and O–H groups in total. The van der Waals surface area contributed by atoms with Gasteiger partial charge in [0.2, 0.25) is 0 Å². The molecule has 3 aromatic rings. The summed E-state index contributed by atoms with van der Waals surface area (Å²) in [4.78, 5) is 0.128. The van der Waals surface area contributed by atoms with Crippen LogP contribution in [-0.4, -0.2) is 28.7 Å². The second-order valence-electron chi connectivity index (χ2n) is 6.47. The Morgan fingerprint density at radius 1 is 0.897 bits per heavy atom. The van der Waals surface area contributed by atoms with Gasteiger partial charge in [-0.25, -0.2) is 8.42 Å².